The first-order valence-corrected chi connectivity index (χ1v) is 4.37. The molecule has 1 aliphatic rings. The summed E-state index contributed by atoms with van der Waals surface area (Å²) in [5, 5.41) is 12.7. The lowest BCUT2D eigenvalue weighted by atomic mass is 10.1. The van der Waals surface area contributed by atoms with Crippen LogP contribution in [0.4, 0.5) is 0 Å². The summed E-state index contributed by atoms with van der Waals surface area (Å²) in [5.74, 6) is -0.582. The van der Waals surface area contributed by atoms with Crippen molar-refractivity contribution < 1.29 is 14.6 Å². The summed E-state index contributed by atoms with van der Waals surface area (Å²) in [6.07, 6.45) is 2.34. The molecule has 0 aliphatic carbocycles. The number of rotatable bonds is 2. The topological polar surface area (TPSA) is 90.4 Å². The zero-order valence-electron chi connectivity index (χ0n) is 7.51. The normalized spacial score (nSPS) is 16.9. The SMILES string of the molecule is NC(C(=O)O)c1cnn2c1OCCC2. The molecule has 1 aromatic heterocycles. The average molecular weight is 197 g/mol. The molecule has 1 unspecified atom stereocenters. The molecule has 0 aromatic carbocycles. The van der Waals surface area contributed by atoms with Gasteiger partial charge in [-0.2, -0.15) is 5.10 Å². The van der Waals surface area contributed by atoms with Gasteiger partial charge in [0.25, 0.3) is 0 Å². The van der Waals surface area contributed by atoms with Gasteiger partial charge in [-0.05, 0) is 0 Å². The van der Waals surface area contributed by atoms with E-state index in [0.717, 1.165) is 13.0 Å². The van der Waals surface area contributed by atoms with Gasteiger partial charge in [0.1, 0.15) is 6.04 Å². The Balaban J connectivity index is 2.34. The first-order valence-electron chi connectivity index (χ1n) is 4.37. The molecular weight excluding hydrogens is 186 g/mol. The van der Waals surface area contributed by atoms with Crippen LogP contribution in [0, 0.1) is 0 Å². The Morgan fingerprint density at radius 2 is 2.57 bits per heavy atom. The first-order chi connectivity index (χ1) is 6.70. The number of carboxylic acid groups (broad SMARTS) is 1. The minimum Gasteiger partial charge on any atom is -0.480 e. The number of carboxylic acids is 1. The zero-order chi connectivity index (χ0) is 10.1. The third-order valence-electron chi connectivity index (χ3n) is 2.17. The van der Waals surface area contributed by atoms with Gasteiger partial charge in [-0.25, -0.2) is 4.68 Å². The predicted octanol–water partition coefficient (Wildman–Crippen LogP) is -0.250. The largest absolute Gasteiger partial charge is 0.480 e. The molecule has 2 rings (SSSR count). The maximum absolute atomic E-state index is 10.7. The molecule has 6 heteroatoms. The van der Waals surface area contributed by atoms with Gasteiger partial charge in [0.2, 0.25) is 5.88 Å². The summed E-state index contributed by atoms with van der Waals surface area (Å²) in [7, 11) is 0. The quantitative estimate of drug-likeness (QED) is 0.682. The summed E-state index contributed by atoms with van der Waals surface area (Å²) in [5.41, 5.74) is 5.92. The van der Waals surface area contributed by atoms with Gasteiger partial charge in [0.05, 0.1) is 18.4 Å². The number of nitrogens with zero attached hydrogens (tertiary/aromatic N) is 2. The average Bonchev–Trinajstić information content (AvgIpc) is 2.60. The monoisotopic (exact) mass is 197 g/mol. The lowest BCUT2D eigenvalue weighted by Gasteiger charge is -2.17. The van der Waals surface area contributed by atoms with Crippen LogP contribution in [0.3, 0.4) is 0 Å². The molecule has 0 bridgehead atoms. The third-order valence-corrected chi connectivity index (χ3v) is 2.17. The summed E-state index contributed by atoms with van der Waals surface area (Å²) in [6.45, 7) is 1.34. The molecule has 0 amide bonds. The molecule has 0 saturated carbocycles. The lowest BCUT2D eigenvalue weighted by molar-refractivity contribution is -0.138. The Bertz CT molecular complexity index is 361. The first kappa shape index (κ1) is 9.01. The molecule has 0 fully saturated rings. The number of hydrogen-bond donors (Lipinski definition) is 2. The van der Waals surface area contributed by atoms with Crippen LogP contribution in [-0.4, -0.2) is 27.5 Å². The molecular formula is C8H11N3O3. The second-order valence-electron chi connectivity index (χ2n) is 3.15. The van der Waals surface area contributed by atoms with E-state index in [1.165, 1.54) is 6.20 Å². The minimum absolute atomic E-state index is 0.442. The number of aromatic nitrogens is 2. The van der Waals surface area contributed by atoms with Crippen molar-refractivity contribution in [3.63, 3.8) is 0 Å². The Kier molecular flexibility index (Phi) is 2.12. The number of carbonyl (C=O) groups is 1. The molecule has 1 aromatic rings. The van der Waals surface area contributed by atoms with E-state index in [1.54, 1.807) is 4.68 Å². The highest BCUT2D eigenvalue weighted by molar-refractivity contribution is 5.75. The third kappa shape index (κ3) is 1.33. The van der Waals surface area contributed by atoms with Gasteiger partial charge >= 0.3 is 5.97 Å². The highest BCUT2D eigenvalue weighted by Crippen LogP contribution is 2.26. The lowest BCUT2D eigenvalue weighted by Crippen LogP contribution is -2.22. The fourth-order valence-corrected chi connectivity index (χ4v) is 1.44. The molecule has 3 N–H and O–H groups in total. The second kappa shape index (κ2) is 3.30. The fourth-order valence-electron chi connectivity index (χ4n) is 1.44. The molecule has 0 spiro atoms. The van der Waals surface area contributed by atoms with Gasteiger partial charge in [0.15, 0.2) is 0 Å². The molecule has 6 nitrogen and oxygen atoms in total. The van der Waals surface area contributed by atoms with Crippen molar-refractivity contribution >= 4 is 5.97 Å². The van der Waals surface area contributed by atoms with Crippen molar-refractivity contribution in [2.45, 2.75) is 19.0 Å². The second-order valence-corrected chi connectivity index (χ2v) is 3.15. The minimum atomic E-state index is -1.07. The Hall–Kier alpha value is -1.56. The van der Waals surface area contributed by atoms with Gasteiger partial charge in [-0.1, -0.05) is 0 Å². The van der Waals surface area contributed by atoms with Crippen molar-refractivity contribution in [3.05, 3.63) is 11.8 Å². The van der Waals surface area contributed by atoms with E-state index in [4.69, 9.17) is 15.6 Å². The van der Waals surface area contributed by atoms with E-state index in [-0.39, 0.29) is 0 Å². The predicted molar refractivity (Wildman–Crippen MR) is 46.9 cm³/mol. The van der Waals surface area contributed by atoms with Gasteiger partial charge in [0, 0.05) is 13.0 Å². The number of nitrogens with two attached hydrogens (primary N) is 1. The number of aliphatic carboxylic acids is 1. The van der Waals surface area contributed by atoms with E-state index in [1.807, 2.05) is 0 Å². The van der Waals surface area contributed by atoms with Crippen LogP contribution in [0.25, 0.3) is 0 Å². The van der Waals surface area contributed by atoms with Crippen molar-refractivity contribution in [1.29, 1.82) is 0 Å². The Morgan fingerprint density at radius 3 is 3.29 bits per heavy atom. The number of aryl methyl sites for hydroxylation is 1. The summed E-state index contributed by atoms with van der Waals surface area (Å²) >= 11 is 0. The van der Waals surface area contributed by atoms with Crippen molar-refractivity contribution in [2.75, 3.05) is 6.61 Å². The van der Waals surface area contributed by atoms with Crippen molar-refractivity contribution in [2.24, 2.45) is 5.73 Å². The molecule has 0 saturated heterocycles. The number of hydrogen-bond acceptors (Lipinski definition) is 4. The van der Waals surface area contributed by atoms with Gasteiger partial charge in [-0.15, -0.1) is 0 Å². The molecule has 1 aliphatic heterocycles. The maximum Gasteiger partial charge on any atom is 0.325 e. The van der Waals surface area contributed by atoms with E-state index >= 15 is 0 Å². The van der Waals surface area contributed by atoms with Crippen LogP contribution in [0.2, 0.25) is 0 Å². The standard InChI is InChI=1S/C8H11N3O3/c9-6(8(12)13)5-4-10-11-2-1-3-14-7(5)11/h4,6H,1-3,9H2,(H,12,13). The molecule has 2 heterocycles. The van der Waals surface area contributed by atoms with E-state index < -0.39 is 12.0 Å². The smallest absolute Gasteiger partial charge is 0.325 e. The van der Waals surface area contributed by atoms with Crippen LogP contribution in [0.1, 0.15) is 18.0 Å². The highest BCUT2D eigenvalue weighted by Gasteiger charge is 2.24. The maximum atomic E-state index is 10.7. The molecule has 14 heavy (non-hydrogen) atoms. The van der Waals surface area contributed by atoms with Gasteiger partial charge in [-0.3, -0.25) is 4.79 Å². The Labute approximate surface area is 80.3 Å². The van der Waals surface area contributed by atoms with Crippen LogP contribution >= 0.6 is 0 Å². The zero-order valence-corrected chi connectivity index (χ0v) is 7.51. The Morgan fingerprint density at radius 1 is 1.79 bits per heavy atom. The summed E-state index contributed by atoms with van der Waals surface area (Å²) in [6, 6.07) is -1.06. The molecule has 0 radical (unpaired) electrons. The van der Waals surface area contributed by atoms with E-state index in [9.17, 15) is 4.79 Å². The molecule has 76 valence electrons. The fraction of sp³-hybridized carbons (Fsp3) is 0.500. The number of fused-ring (bicyclic) bond motifs is 1. The van der Waals surface area contributed by atoms with Gasteiger partial charge < -0.3 is 15.6 Å². The van der Waals surface area contributed by atoms with E-state index in [0.29, 0.717) is 18.1 Å². The van der Waals surface area contributed by atoms with Crippen molar-refractivity contribution in [3.8, 4) is 5.88 Å². The van der Waals surface area contributed by atoms with Crippen LogP contribution in [0.5, 0.6) is 5.88 Å². The van der Waals surface area contributed by atoms with E-state index in [2.05, 4.69) is 5.10 Å². The summed E-state index contributed by atoms with van der Waals surface area (Å²) < 4.78 is 6.96. The van der Waals surface area contributed by atoms with Crippen LogP contribution in [-0.2, 0) is 11.3 Å². The van der Waals surface area contributed by atoms with Crippen LogP contribution < -0.4 is 10.5 Å². The van der Waals surface area contributed by atoms with Crippen LogP contribution in [0.15, 0.2) is 6.20 Å². The van der Waals surface area contributed by atoms with Crippen molar-refractivity contribution in [1.82, 2.24) is 9.78 Å². The molecule has 1 atom stereocenters. The number of ether oxygens (including phenoxy) is 1. The summed E-state index contributed by atoms with van der Waals surface area (Å²) in [4.78, 5) is 10.7. The highest BCUT2D eigenvalue weighted by atomic mass is 16.5.